The zero-order valence-corrected chi connectivity index (χ0v) is 15.9. The number of nitrogens with zero attached hydrogens (tertiary/aromatic N) is 1. The van der Waals surface area contributed by atoms with E-state index in [1.165, 1.54) is 64.2 Å². The summed E-state index contributed by atoms with van der Waals surface area (Å²) in [6.07, 6.45) is 18.9. The van der Waals surface area contributed by atoms with E-state index in [0.29, 0.717) is 6.42 Å². The predicted octanol–water partition coefficient (Wildman–Crippen LogP) is 5.62. The van der Waals surface area contributed by atoms with Gasteiger partial charge < -0.3 is 10.2 Å². The van der Waals surface area contributed by atoms with Crippen molar-refractivity contribution in [3.05, 3.63) is 12.4 Å². The molecular formula is C20H40N2O. The second kappa shape index (κ2) is 17.4. The van der Waals surface area contributed by atoms with Crippen molar-refractivity contribution in [3.8, 4) is 0 Å². The van der Waals surface area contributed by atoms with Gasteiger partial charge in [-0.3, -0.25) is 4.79 Å². The van der Waals surface area contributed by atoms with E-state index in [-0.39, 0.29) is 5.91 Å². The molecule has 0 unspecified atom stereocenters. The summed E-state index contributed by atoms with van der Waals surface area (Å²) < 4.78 is 0. The number of nitrogens with one attached hydrogen (secondary N) is 1. The van der Waals surface area contributed by atoms with E-state index in [4.69, 9.17) is 0 Å². The second-order valence-electron chi connectivity index (χ2n) is 6.39. The van der Waals surface area contributed by atoms with Crippen LogP contribution >= 0.6 is 0 Å². The molecule has 0 rings (SSSR count). The molecule has 0 aromatic rings. The van der Waals surface area contributed by atoms with Crippen LogP contribution in [0.2, 0.25) is 0 Å². The first-order chi connectivity index (χ1) is 11.2. The Hall–Kier alpha value is -0.990. The van der Waals surface area contributed by atoms with Crippen molar-refractivity contribution < 1.29 is 4.79 Å². The molecule has 23 heavy (non-hydrogen) atoms. The molecule has 0 aromatic heterocycles. The van der Waals surface area contributed by atoms with Crippen LogP contribution in [0.3, 0.4) is 0 Å². The molecule has 1 N–H and O–H groups in total. The van der Waals surface area contributed by atoms with Crippen LogP contribution < -0.4 is 5.32 Å². The van der Waals surface area contributed by atoms with Gasteiger partial charge in [-0.2, -0.15) is 0 Å². The zero-order valence-electron chi connectivity index (χ0n) is 15.9. The average molecular weight is 325 g/mol. The highest BCUT2D eigenvalue weighted by Gasteiger charge is 1.99. The Morgan fingerprint density at radius 3 is 1.74 bits per heavy atom. The fourth-order valence-electron chi connectivity index (χ4n) is 2.69. The third-order valence-electron chi connectivity index (χ3n) is 4.35. The lowest BCUT2D eigenvalue weighted by atomic mass is 10.1. The molecule has 0 radical (unpaired) electrons. The predicted molar refractivity (Wildman–Crippen MR) is 101 cm³/mol. The Bertz CT molecular complexity index is 285. The lowest BCUT2D eigenvalue weighted by Crippen LogP contribution is -2.20. The highest BCUT2D eigenvalue weighted by molar-refractivity contribution is 5.76. The fourth-order valence-corrected chi connectivity index (χ4v) is 2.69. The van der Waals surface area contributed by atoms with E-state index in [2.05, 4.69) is 31.0 Å². The van der Waals surface area contributed by atoms with Gasteiger partial charge in [0.05, 0.1) is 0 Å². The van der Waals surface area contributed by atoms with Gasteiger partial charge >= 0.3 is 0 Å². The van der Waals surface area contributed by atoms with Crippen molar-refractivity contribution >= 4 is 5.91 Å². The summed E-state index contributed by atoms with van der Waals surface area (Å²) >= 11 is 0. The number of hydrogen-bond acceptors (Lipinski definition) is 2. The number of hydrogen-bond donors (Lipinski definition) is 1. The largest absolute Gasteiger partial charge is 0.377 e. The number of carbonyl (C=O) groups is 1. The topological polar surface area (TPSA) is 32.3 Å². The Kier molecular flexibility index (Phi) is 16.6. The summed E-state index contributed by atoms with van der Waals surface area (Å²) in [6, 6.07) is 0. The Morgan fingerprint density at radius 1 is 0.783 bits per heavy atom. The highest BCUT2D eigenvalue weighted by atomic mass is 16.1. The van der Waals surface area contributed by atoms with Gasteiger partial charge in [0.15, 0.2) is 0 Å². The molecule has 0 heterocycles. The molecule has 0 aliphatic carbocycles. The maximum atomic E-state index is 11.7. The molecule has 0 atom stereocenters. The zero-order chi connectivity index (χ0) is 17.2. The standard InChI is InChI=1S/C20H40N2O/c1-4-7-8-9-10-11-12-13-14-15-16-17-20(23)21-18-19-22(5-2)6-3/h18-19H,4-17H2,1-3H3,(H,21,23)/b19-18+. The van der Waals surface area contributed by atoms with Crippen molar-refractivity contribution in [2.75, 3.05) is 13.1 Å². The molecule has 3 nitrogen and oxygen atoms in total. The van der Waals surface area contributed by atoms with Gasteiger partial charge in [0.2, 0.25) is 5.91 Å². The number of rotatable bonds is 16. The van der Waals surface area contributed by atoms with E-state index in [0.717, 1.165) is 19.5 Å². The van der Waals surface area contributed by atoms with Gasteiger partial charge in [-0.1, -0.05) is 71.1 Å². The maximum Gasteiger partial charge on any atom is 0.223 e. The van der Waals surface area contributed by atoms with Crippen molar-refractivity contribution in [3.63, 3.8) is 0 Å². The minimum absolute atomic E-state index is 0.143. The van der Waals surface area contributed by atoms with Crippen molar-refractivity contribution in [2.24, 2.45) is 0 Å². The lowest BCUT2D eigenvalue weighted by Gasteiger charge is -2.14. The maximum absolute atomic E-state index is 11.7. The molecule has 0 fully saturated rings. The Morgan fingerprint density at radius 2 is 1.26 bits per heavy atom. The molecule has 0 aromatic carbocycles. The fraction of sp³-hybridized carbons (Fsp3) is 0.850. The first-order valence-corrected chi connectivity index (χ1v) is 9.94. The summed E-state index contributed by atoms with van der Waals surface area (Å²) in [7, 11) is 0. The number of unbranched alkanes of at least 4 members (excludes halogenated alkanes) is 10. The summed E-state index contributed by atoms with van der Waals surface area (Å²) in [5, 5.41) is 2.86. The third kappa shape index (κ3) is 15.7. The molecule has 0 aliphatic rings. The Labute approximate surface area is 144 Å². The monoisotopic (exact) mass is 324 g/mol. The molecule has 136 valence electrons. The molecule has 0 saturated heterocycles. The molecule has 0 saturated carbocycles. The van der Waals surface area contributed by atoms with Gasteiger partial charge in [0.1, 0.15) is 0 Å². The van der Waals surface area contributed by atoms with Gasteiger partial charge in [-0.05, 0) is 20.3 Å². The van der Waals surface area contributed by atoms with Crippen LogP contribution in [0.1, 0.15) is 97.8 Å². The van der Waals surface area contributed by atoms with E-state index in [1.54, 1.807) is 6.20 Å². The van der Waals surface area contributed by atoms with Crippen LogP contribution in [0.4, 0.5) is 0 Å². The van der Waals surface area contributed by atoms with E-state index in [1.807, 2.05) is 6.20 Å². The third-order valence-corrected chi connectivity index (χ3v) is 4.35. The van der Waals surface area contributed by atoms with Crippen LogP contribution in [-0.2, 0) is 4.79 Å². The summed E-state index contributed by atoms with van der Waals surface area (Å²) in [4.78, 5) is 13.8. The molecule has 0 spiro atoms. The summed E-state index contributed by atoms with van der Waals surface area (Å²) in [5.74, 6) is 0.143. The van der Waals surface area contributed by atoms with Crippen LogP contribution in [0.25, 0.3) is 0 Å². The van der Waals surface area contributed by atoms with E-state index in [9.17, 15) is 4.79 Å². The summed E-state index contributed by atoms with van der Waals surface area (Å²) in [6.45, 7) is 8.44. The number of carbonyl (C=O) groups excluding carboxylic acids is 1. The SMILES string of the molecule is CCCCCCCCCCCCCC(=O)N/C=C/N(CC)CC. The smallest absolute Gasteiger partial charge is 0.223 e. The highest BCUT2D eigenvalue weighted by Crippen LogP contribution is 2.11. The molecule has 3 heteroatoms. The number of amides is 1. The van der Waals surface area contributed by atoms with Gasteiger partial charge in [-0.15, -0.1) is 0 Å². The first-order valence-electron chi connectivity index (χ1n) is 9.94. The van der Waals surface area contributed by atoms with Crippen LogP contribution in [0, 0.1) is 0 Å². The van der Waals surface area contributed by atoms with Crippen molar-refractivity contribution in [1.29, 1.82) is 0 Å². The van der Waals surface area contributed by atoms with Crippen LogP contribution in [-0.4, -0.2) is 23.9 Å². The average Bonchev–Trinajstić information content (AvgIpc) is 2.56. The van der Waals surface area contributed by atoms with Gasteiger partial charge in [-0.25, -0.2) is 0 Å². The molecular weight excluding hydrogens is 284 g/mol. The van der Waals surface area contributed by atoms with Crippen molar-refractivity contribution in [2.45, 2.75) is 97.8 Å². The van der Waals surface area contributed by atoms with Crippen LogP contribution in [0.5, 0.6) is 0 Å². The first kappa shape index (κ1) is 22.0. The van der Waals surface area contributed by atoms with Crippen molar-refractivity contribution in [1.82, 2.24) is 10.2 Å². The minimum Gasteiger partial charge on any atom is -0.377 e. The molecule has 1 amide bonds. The normalized spacial score (nSPS) is 11.1. The van der Waals surface area contributed by atoms with Gasteiger partial charge in [0.25, 0.3) is 0 Å². The van der Waals surface area contributed by atoms with E-state index >= 15 is 0 Å². The quantitative estimate of drug-likeness (QED) is 0.374. The second-order valence-corrected chi connectivity index (χ2v) is 6.39. The van der Waals surface area contributed by atoms with Gasteiger partial charge in [0, 0.05) is 31.9 Å². The molecule has 0 bridgehead atoms. The lowest BCUT2D eigenvalue weighted by molar-refractivity contribution is -0.120. The minimum atomic E-state index is 0.143. The van der Waals surface area contributed by atoms with E-state index < -0.39 is 0 Å². The van der Waals surface area contributed by atoms with Crippen LogP contribution in [0.15, 0.2) is 12.4 Å². The molecule has 0 aliphatic heterocycles. The summed E-state index contributed by atoms with van der Waals surface area (Å²) in [5.41, 5.74) is 0. The Balaban J connectivity index is 3.32.